The number of carbonyl (C=O) groups excluding carboxylic acids is 2. The van der Waals surface area contributed by atoms with Crippen LogP contribution >= 0.6 is 23.2 Å². The maximum atomic E-state index is 12.8. The van der Waals surface area contributed by atoms with Crippen LogP contribution in [0.4, 0.5) is 24.5 Å². The molecule has 0 saturated heterocycles. The van der Waals surface area contributed by atoms with E-state index in [1.807, 2.05) is 0 Å². The van der Waals surface area contributed by atoms with Gasteiger partial charge in [0.1, 0.15) is 5.84 Å². The Hall–Kier alpha value is -3.69. The Balaban J connectivity index is 1.74. The van der Waals surface area contributed by atoms with Crippen LogP contribution in [0.2, 0.25) is 5.02 Å². The molecule has 3 aromatic carbocycles. The number of benzene rings is 3. The second kappa shape index (κ2) is 11.8. The van der Waals surface area contributed by atoms with Crippen molar-refractivity contribution >= 4 is 58.4 Å². The van der Waals surface area contributed by atoms with Gasteiger partial charge in [-0.05, 0) is 54.1 Å². The van der Waals surface area contributed by atoms with Gasteiger partial charge in [0.15, 0.2) is 0 Å². The van der Waals surface area contributed by atoms with Crippen molar-refractivity contribution in [3.05, 3.63) is 94.0 Å². The zero-order chi connectivity index (χ0) is 26.3. The molecule has 3 rings (SSSR count). The summed E-state index contributed by atoms with van der Waals surface area (Å²) in [5.41, 5.74) is 6.31. The van der Waals surface area contributed by atoms with E-state index in [-0.39, 0.29) is 40.1 Å². The number of amides is 2. The van der Waals surface area contributed by atoms with E-state index in [1.54, 1.807) is 24.3 Å². The molecule has 0 aliphatic rings. The highest BCUT2D eigenvalue weighted by Crippen LogP contribution is 2.31. The number of halogens is 5. The Morgan fingerprint density at radius 2 is 1.78 bits per heavy atom. The van der Waals surface area contributed by atoms with Crippen molar-refractivity contribution in [3.8, 4) is 0 Å². The summed E-state index contributed by atoms with van der Waals surface area (Å²) in [6.07, 6.45) is -3.35. The molecule has 0 aliphatic heterocycles. The number of alkyl halides is 4. The minimum absolute atomic E-state index is 0.00196. The van der Waals surface area contributed by atoms with Crippen LogP contribution in [0.1, 0.15) is 38.3 Å². The molecule has 0 aromatic heterocycles. The first-order valence-corrected chi connectivity index (χ1v) is 11.3. The van der Waals surface area contributed by atoms with Crippen LogP contribution in [0.15, 0.2) is 76.7 Å². The van der Waals surface area contributed by atoms with Gasteiger partial charge in [-0.25, -0.2) is 0 Å². The van der Waals surface area contributed by atoms with E-state index in [0.29, 0.717) is 5.56 Å². The van der Waals surface area contributed by atoms with Crippen molar-refractivity contribution in [1.82, 2.24) is 0 Å². The van der Waals surface area contributed by atoms with Gasteiger partial charge in [0.2, 0.25) is 0 Å². The minimum atomic E-state index is -4.49. The normalized spacial score (nSPS) is 12.1. The maximum absolute atomic E-state index is 12.8. The fourth-order valence-corrected chi connectivity index (χ4v) is 3.37. The molecule has 0 aliphatic carbocycles. The van der Waals surface area contributed by atoms with Crippen molar-refractivity contribution in [1.29, 1.82) is 0 Å². The van der Waals surface area contributed by atoms with Crippen molar-refractivity contribution in [2.75, 3.05) is 5.32 Å². The third-order valence-corrected chi connectivity index (χ3v) is 5.31. The first-order valence-electron chi connectivity index (χ1n) is 10.4. The molecule has 0 heterocycles. The molecule has 2 amide bonds. The second-order valence-electron chi connectivity index (χ2n) is 7.45. The predicted molar refractivity (Wildman–Crippen MR) is 136 cm³/mol. The third kappa shape index (κ3) is 7.40. The predicted octanol–water partition coefficient (Wildman–Crippen LogP) is 6.64. The first-order chi connectivity index (χ1) is 17.1. The number of aliphatic imine (C=N–C) groups is 2. The lowest BCUT2D eigenvalue weighted by Gasteiger charge is -2.10. The van der Waals surface area contributed by atoms with E-state index in [0.717, 1.165) is 17.7 Å². The minimum Gasteiger partial charge on any atom is -0.387 e. The lowest BCUT2D eigenvalue weighted by molar-refractivity contribution is -0.137. The molecular weight excluding hydrogens is 516 g/mol. The summed E-state index contributed by atoms with van der Waals surface area (Å²) in [5, 5.41) is 2.89. The highest BCUT2D eigenvalue weighted by atomic mass is 35.5. The summed E-state index contributed by atoms with van der Waals surface area (Å²) in [6.45, 7) is 0. The smallest absolute Gasteiger partial charge is 0.387 e. The summed E-state index contributed by atoms with van der Waals surface area (Å²) >= 11 is 11.8. The van der Waals surface area contributed by atoms with Gasteiger partial charge in [-0.15, -0.1) is 11.6 Å². The highest BCUT2D eigenvalue weighted by molar-refractivity contribution is 6.31. The zero-order valence-corrected chi connectivity index (χ0v) is 20.0. The quantitative estimate of drug-likeness (QED) is 0.202. The fourth-order valence-electron chi connectivity index (χ4n) is 3.04. The van der Waals surface area contributed by atoms with Crippen LogP contribution in [-0.2, 0) is 12.1 Å². The van der Waals surface area contributed by atoms with Gasteiger partial charge in [-0.2, -0.15) is 18.2 Å². The van der Waals surface area contributed by atoms with Gasteiger partial charge in [-0.3, -0.25) is 14.6 Å². The summed E-state index contributed by atoms with van der Waals surface area (Å²) in [4.78, 5) is 33.2. The van der Waals surface area contributed by atoms with Crippen LogP contribution in [0.25, 0.3) is 0 Å². The summed E-state index contributed by atoms with van der Waals surface area (Å²) < 4.78 is 38.5. The van der Waals surface area contributed by atoms with Gasteiger partial charge >= 0.3 is 6.18 Å². The molecule has 11 heteroatoms. The molecule has 0 spiro atoms. The lowest BCUT2D eigenvalue weighted by Crippen LogP contribution is -2.17. The van der Waals surface area contributed by atoms with Gasteiger partial charge in [0.25, 0.3) is 11.8 Å². The molecule has 6 nitrogen and oxygen atoms in total. The number of nitrogens with zero attached hydrogens (tertiary/aromatic N) is 2. The van der Waals surface area contributed by atoms with E-state index in [9.17, 15) is 22.8 Å². The van der Waals surface area contributed by atoms with E-state index in [4.69, 9.17) is 28.9 Å². The molecule has 0 unspecified atom stereocenters. The van der Waals surface area contributed by atoms with E-state index < -0.39 is 23.6 Å². The van der Waals surface area contributed by atoms with Crippen molar-refractivity contribution in [3.63, 3.8) is 0 Å². The Morgan fingerprint density at radius 3 is 2.50 bits per heavy atom. The largest absolute Gasteiger partial charge is 0.416 e. The van der Waals surface area contributed by atoms with Crippen LogP contribution < -0.4 is 11.1 Å². The number of amidine groups is 1. The molecular formula is C25H19Cl2F3N4O2. The molecule has 36 heavy (non-hydrogen) atoms. The average Bonchev–Trinajstić information content (AvgIpc) is 2.84. The van der Waals surface area contributed by atoms with Gasteiger partial charge in [-0.1, -0.05) is 29.8 Å². The summed E-state index contributed by atoms with van der Waals surface area (Å²) in [6, 6.07) is 15.4. The Bertz CT molecular complexity index is 1340. The van der Waals surface area contributed by atoms with Gasteiger partial charge in [0.05, 0.1) is 22.5 Å². The van der Waals surface area contributed by atoms with Crippen LogP contribution in [-0.4, -0.2) is 23.9 Å². The number of hydrogen-bond acceptors (Lipinski definition) is 3. The molecule has 186 valence electrons. The monoisotopic (exact) mass is 534 g/mol. The number of anilines is 1. The van der Waals surface area contributed by atoms with Crippen molar-refractivity contribution < 1.29 is 22.8 Å². The van der Waals surface area contributed by atoms with E-state index >= 15 is 0 Å². The van der Waals surface area contributed by atoms with Crippen LogP contribution in [0, 0.1) is 0 Å². The molecule has 0 atom stereocenters. The Morgan fingerprint density at radius 1 is 1.03 bits per heavy atom. The highest BCUT2D eigenvalue weighted by Gasteiger charge is 2.30. The number of nitrogens with one attached hydrogen (secondary N) is 1. The second-order valence-corrected chi connectivity index (χ2v) is 8.15. The number of nitrogens with two attached hydrogens (primary N) is 1. The number of rotatable bonds is 7. The van der Waals surface area contributed by atoms with Crippen molar-refractivity contribution in [2.45, 2.75) is 18.5 Å². The maximum Gasteiger partial charge on any atom is 0.416 e. The molecule has 0 fully saturated rings. The lowest BCUT2D eigenvalue weighted by atomic mass is 10.1. The standard InChI is InChI=1S/C25H19Cl2F3N4O2/c26-14-15-3-1-4-16(11-15)23(35)33-21-8-7-18(27)13-20(21)24(36)34-22(31)9-10-32-19-6-2-5-17(12-19)25(28,29)30/h1-8,10-13H,9,14H2,(H,33,35)(H2,31,34,36). The molecule has 3 aromatic rings. The van der Waals surface area contributed by atoms with Crippen LogP contribution in [0.3, 0.4) is 0 Å². The Kier molecular flexibility index (Phi) is 8.84. The third-order valence-electron chi connectivity index (χ3n) is 4.76. The first kappa shape index (κ1) is 26.9. The van der Waals surface area contributed by atoms with E-state index in [1.165, 1.54) is 36.5 Å². The van der Waals surface area contributed by atoms with Gasteiger partial charge < -0.3 is 11.1 Å². The molecule has 0 bridgehead atoms. The van der Waals surface area contributed by atoms with E-state index in [2.05, 4.69) is 15.3 Å². The van der Waals surface area contributed by atoms with Crippen molar-refractivity contribution in [2.24, 2.45) is 15.7 Å². The SMILES string of the molecule is NC(CC=Nc1cccc(C(F)(F)F)c1)=NC(=O)c1cc(Cl)ccc1NC(=O)c1cccc(CCl)c1. The summed E-state index contributed by atoms with van der Waals surface area (Å²) in [5.74, 6) is -1.14. The molecule has 3 N–H and O–H groups in total. The van der Waals surface area contributed by atoms with Crippen LogP contribution in [0.5, 0.6) is 0 Å². The molecule has 0 saturated carbocycles. The molecule has 0 radical (unpaired) electrons. The average molecular weight is 535 g/mol. The van der Waals surface area contributed by atoms with Gasteiger partial charge in [0, 0.05) is 29.1 Å². The topological polar surface area (TPSA) is 96.9 Å². The number of carbonyl (C=O) groups is 2. The fraction of sp³-hybridized carbons (Fsp3) is 0.120. The zero-order valence-electron chi connectivity index (χ0n) is 18.5. The number of hydrogen-bond donors (Lipinski definition) is 2. The Labute approximate surface area is 214 Å². The summed E-state index contributed by atoms with van der Waals surface area (Å²) in [7, 11) is 0.